The van der Waals surface area contributed by atoms with E-state index in [1.165, 1.54) is 47.4 Å². The average molecular weight is 453 g/mol. The number of carbonyl (C=O) groups is 1. The summed E-state index contributed by atoms with van der Waals surface area (Å²) >= 11 is 2.53. The molecule has 1 heterocycles. The Hall–Kier alpha value is -2.50. The van der Waals surface area contributed by atoms with Gasteiger partial charge in [0.15, 0.2) is 10.1 Å². The summed E-state index contributed by atoms with van der Waals surface area (Å²) in [5.74, 6) is -0.471. The molecule has 3 aromatic rings. The van der Waals surface area contributed by atoms with Gasteiger partial charge in [-0.2, -0.15) is 0 Å². The van der Waals surface area contributed by atoms with Gasteiger partial charge < -0.3 is 5.32 Å². The lowest BCUT2D eigenvalue weighted by atomic mass is 10.1. The zero-order valence-corrected chi connectivity index (χ0v) is 17.9. The highest BCUT2D eigenvalue weighted by atomic mass is 32.2. The van der Waals surface area contributed by atoms with Gasteiger partial charge in [-0.1, -0.05) is 29.2 Å². The van der Waals surface area contributed by atoms with E-state index < -0.39 is 15.3 Å². The minimum absolute atomic E-state index is 0.115. The molecule has 3 rings (SSSR count). The Morgan fingerprint density at radius 1 is 1.14 bits per heavy atom. The van der Waals surface area contributed by atoms with E-state index in [-0.39, 0.29) is 11.6 Å². The molecule has 7 nitrogen and oxygen atoms in total. The quantitative estimate of drug-likeness (QED) is 0.391. The van der Waals surface area contributed by atoms with Crippen molar-refractivity contribution in [1.29, 1.82) is 0 Å². The molecule has 0 bridgehead atoms. The number of Topliss-reactive ketones (excluding diaryl/α,β-unsaturated/α-hetero) is 1. The van der Waals surface area contributed by atoms with Crippen molar-refractivity contribution in [2.24, 2.45) is 0 Å². The minimum Gasteiger partial charge on any atom is -0.330 e. The molecular formula is C18H17FN4O3S3. The molecule has 0 aliphatic heterocycles. The van der Waals surface area contributed by atoms with Crippen LogP contribution in [0, 0.1) is 5.82 Å². The highest BCUT2D eigenvalue weighted by Crippen LogP contribution is 2.31. The third kappa shape index (κ3) is 6.24. The standard InChI is InChI=1S/C18H17FN4O3S3/c1-11(16(24)12-6-8-14(9-7-12)23-29(2,25)26)27-18-22-21-17(28-18)20-15-5-3-4-13(19)10-15/h3-11,23H,1-2H3,(H,20,21). The van der Waals surface area contributed by atoms with Gasteiger partial charge in [-0.3, -0.25) is 9.52 Å². The van der Waals surface area contributed by atoms with Crippen molar-refractivity contribution < 1.29 is 17.6 Å². The number of sulfonamides is 1. The maximum atomic E-state index is 13.3. The number of nitrogens with zero attached hydrogens (tertiary/aromatic N) is 2. The van der Waals surface area contributed by atoms with Crippen LogP contribution in [0.15, 0.2) is 52.9 Å². The lowest BCUT2D eigenvalue weighted by Crippen LogP contribution is -2.14. The number of ketones is 1. The summed E-state index contributed by atoms with van der Waals surface area (Å²) in [5.41, 5.74) is 1.41. The monoisotopic (exact) mass is 452 g/mol. The summed E-state index contributed by atoms with van der Waals surface area (Å²) in [6.07, 6.45) is 1.06. The number of thioether (sulfide) groups is 1. The molecule has 0 amide bonds. The van der Waals surface area contributed by atoms with Crippen molar-refractivity contribution in [3.8, 4) is 0 Å². The molecule has 11 heteroatoms. The first-order valence-corrected chi connectivity index (χ1v) is 11.9. The fourth-order valence-corrected chi connectivity index (χ4v) is 4.91. The van der Waals surface area contributed by atoms with Crippen LogP contribution in [0.3, 0.4) is 0 Å². The van der Waals surface area contributed by atoms with Crippen LogP contribution in [-0.2, 0) is 10.0 Å². The first kappa shape index (κ1) is 21.2. The maximum absolute atomic E-state index is 13.3. The third-order valence-electron chi connectivity index (χ3n) is 3.60. The van der Waals surface area contributed by atoms with Gasteiger partial charge in [0.2, 0.25) is 15.2 Å². The first-order chi connectivity index (χ1) is 13.7. The zero-order chi connectivity index (χ0) is 21.0. The number of aromatic nitrogens is 2. The second-order valence-electron chi connectivity index (χ2n) is 6.08. The van der Waals surface area contributed by atoms with Gasteiger partial charge in [-0.25, -0.2) is 12.8 Å². The SMILES string of the molecule is CC(Sc1nnc(Nc2cccc(F)c2)s1)C(=O)c1ccc(NS(C)(=O)=O)cc1. The third-order valence-corrected chi connectivity index (χ3v) is 6.23. The van der Waals surface area contributed by atoms with Crippen LogP contribution < -0.4 is 10.0 Å². The molecule has 2 N–H and O–H groups in total. The average Bonchev–Trinajstić information content (AvgIpc) is 3.07. The molecule has 0 spiro atoms. The van der Waals surface area contributed by atoms with Crippen LogP contribution in [-0.4, -0.2) is 35.9 Å². The van der Waals surface area contributed by atoms with Gasteiger partial charge in [0.25, 0.3) is 0 Å². The van der Waals surface area contributed by atoms with Crippen molar-refractivity contribution in [3.05, 3.63) is 59.9 Å². The van der Waals surface area contributed by atoms with E-state index in [9.17, 15) is 17.6 Å². The molecule has 0 saturated carbocycles. The normalized spacial score (nSPS) is 12.4. The molecule has 0 fully saturated rings. The van der Waals surface area contributed by atoms with E-state index in [0.29, 0.717) is 26.4 Å². The summed E-state index contributed by atoms with van der Waals surface area (Å²) in [7, 11) is -3.37. The molecule has 0 saturated heterocycles. The van der Waals surface area contributed by atoms with Crippen LogP contribution in [0.1, 0.15) is 17.3 Å². The largest absolute Gasteiger partial charge is 0.330 e. The van der Waals surface area contributed by atoms with E-state index in [4.69, 9.17) is 0 Å². The van der Waals surface area contributed by atoms with Crippen LogP contribution >= 0.6 is 23.1 Å². The fraction of sp³-hybridized carbons (Fsp3) is 0.167. The van der Waals surface area contributed by atoms with Crippen molar-refractivity contribution in [2.45, 2.75) is 16.5 Å². The van der Waals surface area contributed by atoms with Crippen LogP contribution in [0.2, 0.25) is 0 Å². The Morgan fingerprint density at radius 2 is 1.86 bits per heavy atom. The second kappa shape index (κ2) is 8.89. The fourth-order valence-electron chi connectivity index (χ4n) is 2.35. The molecule has 1 aromatic heterocycles. The number of carbonyl (C=O) groups excluding carboxylic acids is 1. The van der Waals surface area contributed by atoms with Gasteiger partial charge in [0.1, 0.15) is 5.82 Å². The molecule has 1 atom stereocenters. The summed E-state index contributed by atoms with van der Waals surface area (Å²) in [6, 6.07) is 12.2. The zero-order valence-electron chi connectivity index (χ0n) is 15.4. The maximum Gasteiger partial charge on any atom is 0.229 e. The Labute approximate surface area is 175 Å². The number of halogens is 1. The van der Waals surface area contributed by atoms with Gasteiger partial charge in [-0.15, -0.1) is 10.2 Å². The molecule has 152 valence electrons. The number of anilines is 3. The van der Waals surface area contributed by atoms with Crippen LogP contribution in [0.4, 0.5) is 20.9 Å². The van der Waals surface area contributed by atoms with Crippen LogP contribution in [0.25, 0.3) is 0 Å². The Bertz CT molecular complexity index is 1120. The Kier molecular flexibility index (Phi) is 6.50. The molecule has 0 aliphatic carbocycles. The Balaban J connectivity index is 1.62. The summed E-state index contributed by atoms with van der Waals surface area (Å²) in [5, 5.41) is 11.1. The molecular weight excluding hydrogens is 435 g/mol. The lowest BCUT2D eigenvalue weighted by Gasteiger charge is -2.09. The Morgan fingerprint density at radius 3 is 2.52 bits per heavy atom. The van der Waals surface area contributed by atoms with E-state index in [1.807, 2.05) is 0 Å². The number of hydrogen-bond acceptors (Lipinski definition) is 8. The predicted molar refractivity (Wildman–Crippen MR) is 114 cm³/mol. The van der Waals surface area contributed by atoms with Gasteiger partial charge in [-0.05, 0) is 49.4 Å². The van der Waals surface area contributed by atoms with Gasteiger partial charge in [0.05, 0.1) is 11.5 Å². The predicted octanol–water partition coefficient (Wildman–Crippen LogP) is 4.16. The summed E-state index contributed by atoms with van der Waals surface area (Å²) in [6.45, 7) is 1.76. The highest BCUT2D eigenvalue weighted by Gasteiger charge is 2.19. The molecule has 2 aromatic carbocycles. The van der Waals surface area contributed by atoms with Gasteiger partial charge in [0, 0.05) is 16.9 Å². The second-order valence-corrected chi connectivity index (χ2v) is 10.4. The molecule has 29 heavy (non-hydrogen) atoms. The minimum atomic E-state index is -3.37. The number of rotatable bonds is 8. The molecule has 1 unspecified atom stereocenters. The van der Waals surface area contributed by atoms with Crippen LogP contribution in [0.5, 0.6) is 0 Å². The van der Waals surface area contributed by atoms with Crippen molar-refractivity contribution in [1.82, 2.24) is 10.2 Å². The van der Waals surface area contributed by atoms with E-state index in [1.54, 1.807) is 31.2 Å². The number of hydrogen-bond donors (Lipinski definition) is 2. The summed E-state index contributed by atoms with van der Waals surface area (Å²) in [4.78, 5) is 12.6. The topological polar surface area (TPSA) is 101 Å². The van der Waals surface area contributed by atoms with Crippen molar-refractivity contribution >= 4 is 55.4 Å². The molecule has 0 radical (unpaired) electrons. The van der Waals surface area contributed by atoms with E-state index in [0.717, 1.165) is 6.26 Å². The van der Waals surface area contributed by atoms with E-state index in [2.05, 4.69) is 20.2 Å². The number of benzene rings is 2. The van der Waals surface area contributed by atoms with Crippen molar-refractivity contribution in [2.75, 3.05) is 16.3 Å². The van der Waals surface area contributed by atoms with Gasteiger partial charge >= 0.3 is 0 Å². The molecule has 0 aliphatic rings. The first-order valence-electron chi connectivity index (χ1n) is 8.34. The highest BCUT2D eigenvalue weighted by molar-refractivity contribution is 8.02. The van der Waals surface area contributed by atoms with Crippen molar-refractivity contribution in [3.63, 3.8) is 0 Å². The summed E-state index contributed by atoms with van der Waals surface area (Å²) < 4.78 is 38.7. The van der Waals surface area contributed by atoms with E-state index >= 15 is 0 Å². The smallest absolute Gasteiger partial charge is 0.229 e. The lowest BCUT2D eigenvalue weighted by molar-refractivity contribution is 0.0994. The number of nitrogens with one attached hydrogen (secondary N) is 2.